The second kappa shape index (κ2) is 7.70. The highest BCUT2D eigenvalue weighted by molar-refractivity contribution is 7.89. The highest BCUT2D eigenvalue weighted by Gasteiger charge is 2.32. The summed E-state index contributed by atoms with van der Waals surface area (Å²) >= 11 is 0. The molecule has 1 atom stereocenters. The molecular formula is C20H24N2O4S. The van der Waals surface area contributed by atoms with Crippen LogP contribution in [0.15, 0.2) is 47.4 Å². The fourth-order valence-electron chi connectivity index (χ4n) is 3.33. The summed E-state index contributed by atoms with van der Waals surface area (Å²) in [6, 6.07) is 11.5. The first-order chi connectivity index (χ1) is 12.8. The summed E-state index contributed by atoms with van der Waals surface area (Å²) in [7, 11) is -1.91. The molecule has 1 saturated heterocycles. The number of aryl methyl sites for hydroxylation is 1. The Morgan fingerprint density at radius 1 is 1.19 bits per heavy atom. The predicted molar refractivity (Wildman–Crippen MR) is 105 cm³/mol. The molecule has 2 aromatic rings. The maximum Gasteiger partial charge on any atom is 0.255 e. The zero-order valence-electron chi connectivity index (χ0n) is 15.7. The van der Waals surface area contributed by atoms with Gasteiger partial charge < -0.3 is 10.1 Å². The molecule has 1 aliphatic heterocycles. The molecule has 144 valence electrons. The molecule has 6 nitrogen and oxygen atoms in total. The van der Waals surface area contributed by atoms with Crippen molar-refractivity contribution in [1.82, 2.24) is 4.31 Å². The van der Waals surface area contributed by atoms with Gasteiger partial charge in [-0.15, -0.1) is 0 Å². The maximum atomic E-state index is 12.7. The van der Waals surface area contributed by atoms with Crippen LogP contribution >= 0.6 is 0 Å². The molecule has 0 aliphatic carbocycles. The Hall–Kier alpha value is -2.38. The molecule has 0 radical (unpaired) electrons. The average Bonchev–Trinajstić information content (AvgIpc) is 3.09. The number of hydrogen-bond acceptors (Lipinski definition) is 4. The van der Waals surface area contributed by atoms with Gasteiger partial charge in [-0.3, -0.25) is 4.79 Å². The van der Waals surface area contributed by atoms with Crippen LogP contribution in [0.1, 0.15) is 35.7 Å². The van der Waals surface area contributed by atoms with Crippen LogP contribution in [-0.4, -0.2) is 38.3 Å². The van der Waals surface area contributed by atoms with Gasteiger partial charge in [0.05, 0.1) is 12.0 Å². The first kappa shape index (κ1) is 19.4. The van der Waals surface area contributed by atoms with Gasteiger partial charge in [-0.1, -0.05) is 0 Å². The van der Waals surface area contributed by atoms with E-state index in [2.05, 4.69) is 5.32 Å². The third kappa shape index (κ3) is 3.99. The number of nitrogens with one attached hydrogen (secondary N) is 1. The van der Waals surface area contributed by atoms with E-state index in [1.807, 2.05) is 13.8 Å². The Kier molecular flexibility index (Phi) is 5.53. The minimum Gasteiger partial charge on any atom is -0.496 e. The van der Waals surface area contributed by atoms with Crippen LogP contribution < -0.4 is 10.1 Å². The van der Waals surface area contributed by atoms with Gasteiger partial charge in [0.2, 0.25) is 10.0 Å². The Morgan fingerprint density at radius 3 is 2.44 bits per heavy atom. The normalized spacial score (nSPS) is 17.7. The first-order valence-electron chi connectivity index (χ1n) is 8.91. The fourth-order valence-corrected chi connectivity index (χ4v) is 5.03. The Morgan fingerprint density at radius 2 is 1.89 bits per heavy atom. The summed E-state index contributed by atoms with van der Waals surface area (Å²) in [4.78, 5) is 12.7. The van der Waals surface area contributed by atoms with Gasteiger partial charge in [-0.2, -0.15) is 4.31 Å². The smallest absolute Gasteiger partial charge is 0.255 e. The molecule has 0 aromatic heterocycles. The first-order valence-corrected chi connectivity index (χ1v) is 10.3. The highest BCUT2D eigenvalue weighted by atomic mass is 32.2. The predicted octanol–water partition coefficient (Wildman–Crippen LogP) is 3.43. The van der Waals surface area contributed by atoms with Crippen molar-refractivity contribution in [3.05, 3.63) is 53.6 Å². The lowest BCUT2D eigenvalue weighted by Crippen LogP contribution is -2.33. The number of amides is 1. The largest absolute Gasteiger partial charge is 0.496 e. The van der Waals surface area contributed by atoms with Crippen molar-refractivity contribution in [2.24, 2.45) is 0 Å². The number of anilines is 1. The zero-order valence-corrected chi connectivity index (χ0v) is 16.5. The van der Waals surface area contributed by atoms with E-state index >= 15 is 0 Å². The lowest BCUT2D eigenvalue weighted by Gasteiger charge is -2.21. The number of methoxy groups -OCH3 is 1. The molecule has 7 heteroatoms. The summed E-state index contributed by atoms with van der Waals surface area (Å²) in [5, 5.41) is 2.79. The van der Waals surface area contributed by atoms with Crippen LogP contribution in [0.2, 0.25) is 0 Å². The van der Waals surface area contributed by atoms with Gasteiger partial charge in [0.15, 0.2) is 0 Å². The van der Waals surface area contributed by atoms with Crippen LogP contribution in [0, 0.1) is 6.92 Å². The molecule has 3 rings (SSSR count). The van der Waals surface area contributed by atoms with Crippen LogP contribution in [-0.2, 0) is 10.0 Å². The Bertz CT molecular complexity index is 939. The molecule has 0 bridgehead atoms. The van der Waals surface area contributed by atoms with Gasteiger partial charge in [-0.05, 0) is 74.7 Å². The fraction of sp³-hybridized carbons (Fsp3) is 0.350. The lowest BCUT2D eigenvalue weighted by molar-refractivity contribution is 0.102. The highest BCUT2D eigenvalue weighted by Crippen LogP contribution is 2.26. The van der Waals surface area contributed by atoms with Gasteiger partial charge >= 0.3 is 0 Å². The maximum absolute atomic E-state index is 12.7. The molecule has 0 saturated carbocycles. The topological polar surface area (TPSA) is 75.7 Å². The van der Waals surface area contributed by atoms with E-state index in [4.69, 9.17) is 4.74 Å². The van der Waals surface area contributed by atoms with Gasteiger partial charge in [0.1, 0.15) is 5.75 Å². The summed E-state index contributed by atoms with van der Waals surface area (Å²) < 4.78 is 32.2. The molecule has 0 spiro atoms. The average molecular weight is 388 g/mol. The van der Waals surface area contributed by atoms with Gasteiger partial charge in [0, 0.05) is 23.8 Å². The Balaban J connectivity index is 1.74. The number of carbonyl (C=O) groups is 1. The number of nitrogens with zero attached hydrogens (tertiary/aromatic N) is 1. The molecular weight excluding hydrogens is 364 g/mol. The van der Waals surface area contributed by atoms with Crippen molar-refractivity contribution >= 4 is 21.6 Å². The molecule has 1 amide bonds. The number of sulfonamides is 1. The second-order valence-electron chi connectivity index (χ2n) is 6.77. The molecule has 1 unspecified atom stereocenters. The standard InChI is InChI=1S/C20H24N2O4S/c1-14-13-16(6-11-19(14)26-3)20(23)21-17-7-9-18(10-8-17)27(24,25)22-12-4-5-15(22)2/h6-11,13,15H,4-5,12H2,1-3H3,(H,21,23). The van der Waals surface area contributed by atoms with Crippen molar-refractivity contribution in [2.45, 2.75) is 37.6 Å². The summed E-state index contributed by atoms with van der Waals surface area (Å²) in [5.41, 5.74) is 1.92. The molecule has 27 heavy (non-hydrogen) atoms. The van der Waals surface area contributed by atoms with Crippen LogP contribution in [0.25, 0.3) is 0 Å². The van der Waals surface area contributed by atoms with E-state index in [-0.39, 0.29) is 16.8 Å². The summed E-state index contributed by atoms with van der Waals surface area (Å²) in [6.07, 6.45) is 1.77. The van der Waals surface area contributed by atoms with Crippen molar-refractivity contribution in [2.75, 3.05) is 19.0 Å². The number of rotatable bonds is 5. The van der Waals surface area contributed by atoms with E-state index < -0.39 is 10.0 Å². The number of carbonyl (C=O) groups excluding carboxylic acids is 1. The Labute approximate surface area is 160 Å². The minimum atomic E-state index is -3.49. The zero-order chi connectivity index (χ0) is 19.6. The lowest BCUT2D eigenvalue weighted by atomic mass is 10.1. The van der Waals surface area contributed by atoms with Crippen molar-refractivity contribution in [1.29, 1.82) is 0 Å². The van der Waals surface area contributed by atoms with Gasteiger partial charge in [-0.25, -0.2) is 8.42 Å². The summed E-state index contributed by atoms with van der Waals surface area (Å²) in [6.45, 7) is 4.35. The molecule has 1 fully saturated rings. The minimum absolute atomic E-state index is 0.0210. The van der Waals surface area contributed by atoms with Crippen LogP contribution in [0.5, 0.6) is 5.75 Å². The number of ether oxygens (including phenoxy) is 1. The SMILES string of the molecule is COc1ccc(C(=O)Nc2ccc(S(=O)(=O)N3CCCC3C)cc2)cc1C. The van der Waals surface area contributed by atoms with E-state index in [9.17, 15) is 13.2 Å². The number of benzene rings is 2. The molecule has 2 aromatic carbocycles. The third-order valence-corrected chi connectivity index (χ3v) is 6.90. The van der Waals surface area contributed by atoms with E-state index in [0.717, 1.165) is 24.2 Å². The molecule has 1 heterocycles. The molecule has 1 aliphatic rings. The molecule has 1 N–H and O–H groups in total. The van der Waals surface area contributed by atoms with Crippen molar-refractivity contribution in [3.63, 3.8) is 0 Å². The summed E-state index contributed by atoms with van der Waals surface area (Å²) in [5.74, 6) is 0.460. The van der Waals surface area contributed by atoms with Crippen molar-refractivity contribution in [3.8, 4) is 5.75 Å². The third-order valence-electron chi connectivity index (χ3n) is 4.87. The van der Waals surface area contributed by atoms with Crippen LogP contribution in [0.4, 0.5) is 5.69 Å². The van der Waals surface area contributed by atoms with Crippen molar-refractivity contribution < 1.29 is 17.9 Å². The number of hydrogen-bond donors (Lipinski definition) is 1. The van der Waals surface area contributed by atoms with Gasteiger partial charge in [0.25, 0.3) is 5.91 Å². The van der Waals surface area contributed by atoms with E-state index in [1.165, 1.54) is 12.1 Å². The monoisotopic (exact) mass is 388 g/mol. The van der Waals surface area contributed by atoms with E-state index in [1.54, 1.807) is 41.7 Å². The second-order valence-corrected chi connectivity index (χ2v) is 8.66. The van der Waals surface area contributed by atoms with E-state index in [0.29, 0.717) is 17.8 Å². The van der Waals surface area contributed by atoms with Crippen LogP contribution in [0.3, 0.4) is 0 Å². The quantitative estimate of drug-likeness (QED) is 0.851.